The Hall–Kier alpha value is -1.47. The first-order valence-electron chi connectivity index (χ1n) is 6.79. The van der Waals surface area contributed by atoms with Crippen molar-refractivity contribution >= 4 is 22.4 Å². The van der Waals surface area contributed by atoms with Crippen molar-refractivity contribution in [2.24, 2.45) is 5.73 Å². The summed E-state index contributed by atoms with van der Waals surface area (Å²) < 4.78 is 26.8. The van der Waals surface area contributed by atoms with Crippen LogP contribution in [-0.4, -0.2) is 30.8 Å². The van der Waals surface area contributed by atoms with Crippen molar-refractivity contribution in [3.05, 3.63) is 60.4 Å². The van der Waals surface area contributed by atoms with E-state index in [9.17, 15) is 8.42 Å². The predicted molar refractivity (Wildman–Crippen MR) is 89.2 cm³/mol. The fourth-order valence-corrected chi connectivity index (χ4v) is 3.42. The molecule has 2 aromatic rings. The van der Waals surface area contributed by atoms with Crippen LogP contribution in [0.5, 0.6) is 0 Å². The van der Waals surface area contributed by atoms with Crippen LogP contribution in [0.25, 0.3) is 0 Å². The normalized spacial score (nSPS) is 11.2. The Bertz CT molecular complexity index is 651. The van der Waals surface area contributed by atoms with E-state index in [2.05, 4.69) is 4.98 Å². The average Bonchev–Trinajstić information content (AvgIpc) is 2.53. The third-order valence-corrected chi connectivity index (χ3v) is 4.91. The molecule has 0 radical (unpaired) electrons. The predicted octanol–water partition coefficient (Wildman–Crippen LogP) is 2.04. The molecule has 7 heteroatoms. The number of rotatable bonds is 7. The Morgan fingerprint density at radius 3 is 2.41 bits per heavy atom. The first kappa shape index (κ1) is 18.6. The Morgan fingerprint density at radius 1 is 1.09 bits per heavy atom. The highest BCUT2D eigenvalue weighted by molar-refractivity contribution is 7.89. The molecule has 0 aliphatic rings. The summed E-state index contributed by atoms with van der Waals surface area (Å²) >= 11 is 0. The molecule has 22 heavy (non-hydrogen) atoms. The number of sulfonamides is 1. The molecule has 5 nitrogen and oxygen atoms in total. The maximum absolute atomic E-state index is 12.7. The van der Waals surface area contributed by atoms with Gasteiger partial charge < -0.3 is 5.73 Å². The van der Waals surface area contributed by atoms with Crippen LogP contribution in [0, 0.1) is 0 Å². The highest BCUT2D eigenvalue weighted by Crippen LogP contribution is 2.17. The monoisotopic (exact) mass is 341 g/mol. The lowest BCUT2D eigenvalue weighted by Gasteiger charge is -2.22. The number of nitrogens with zero attached hydrogens (tertiary/aromatic N) is 2. The first-order valence-corrected chi connectivity index (χ1v) is 8.23. The van der Waals surface area contributed by atoms with Gasteiger partial charge in [-0.2, -0.15) is 4.31 Å². The second-order valence-electron chi connectivity index (χ2n) is 4.66. The highest BCUT2D eigenvalue weighted by atomic mass is 35.5. The summed E-state index contributed by atoms with van der Waals surface area (Å²) in [7, 11) is -3.56. The summed E-state index contributed by atoms with van der Waals surface area (Å²) in [6.07, 6.45) is 3.54. The molecule has 1 aromatic heterocycles. The van der Waals surface area contributed by atoms with Gasteiger partial charge in [-0.3, -0.25) is 4.98 Å². The van der Waals surface area contributed by atoms with E-state index in [0.717, 1.165) is 5.56 Å². The molecule has 0 aliphatic heterocycles. The lowest BCUT2D eigenvalue weighted by atomic mass is 10.2. The van der Waals surface area contributed by atoms with Gasteiger partial charge in [0.25, 0.3) is 0 Å². The fourth-order valence-electron chi connectivity index (χ4n) is 1.99. The van der Waals surface area contributed by atoms with Gasteiger partial charge in [0.05, 0.1) is 0 Å². The van der Waals surface area contributed by atoms with Crippen molar-refractivity contribution in [1.29, 1.82) is 0 Å². The molecular formula is C15H20ClN3O2S. The molecule has 0 aliphatic carbocycles. The number of hydrogen-bond donors (Lipinski definition) is 1. The smallest absolute Gasteiger partial charge is 0.244 e. The average molecular weight is 342 g/mol. The fraction of sp³-hybridized carbons (Fsp3) is 0.267. The Labute approximate surface area is 137 Å². The van der Waals surface area contributed by atoms with Crippen molar-refractivity contribution < 1.29 is 8.42 Å². The number of nitrogens with two attached hydrogens (primary N) is 1. The van der Waals surface area contributed by atoms with Gasteiger partial charge in [-0.05, 0) is 30.7 Å². The zero-order chi connectivity index (χ0) is 15.1. The minimum atomic E-state index is -3.56. The van der Waals surface area contributed by atoms with Crippen LogP contribution < -0.4 is 5.73 Å². The van der Waals surface area contributed by atoms with E-state index in [4.69, 9.17) is 5.73 Å². The number of benzene rings is 1. The lowest BCUT2D eigenvalue weighted by molar-refractivity contribution is 0.401. The van der Waals surface area contributed by atoms with Gasteiger partial charge in [0.1, 0.15) is 4.90 Å². The summed E-state index contributed by atoms with van der Waals surface area (Å²) in [4.78, 5) is 4.10. The van der Waals surface area contributed by atoms with E-state index in [-0.39, 0.29) is 17.3 Å². The van der Waals surface area contributed by atoms with Crippen LogP contribution in [0.3, 0.4) is 0 Å². The second kappa shape index (κ2) is 8.85. The molecular weight excluding hydrogens is 322 g/mol. The highest BCUT2D eigenvalue weighted by Gasteiger charge is 2.24. The maximum atomic E-state index is 12.7. The molecule has 0 saturated carbocycles. The third kappa shape index (κ3) is 4.78. The van der Waals surface area contributed by atoms with Crippen LogP contribution in [-0.2, 0) is 16.6 Å². The van der Waals surface area contributed by atoms with E-state index in [0.29, 0.717) is 26.1 Å². The van der Waals surface area contributed by atoms with Gasteiger partial charge in [-0.15, -0.1) is 12.4 Å². The maximum Gasteiger partial charge on any atom is 0.244 e. The molecule has 0 fully saturated rings. The van der Waals surface area contributed by atoms with Crippen LogP contribution in [0.2, 0.25) is 0 Å². The number of halogens is 1. The molecule has 1 heterocycles. The van der Waals surface area contributed by atoms with Crippen molar-refractivity contribution in [2.75, 3.05) is 13.1 Å². The third-order valence-electron chi connectivity index (χ3n) is 3.09. The Balaban J connectivity index is 0.00000242. The van der Waals surface area contributed by atoms with Crippen LogP contribution >= 0.6 is 12.4 Å². The van der Waals surface area contributed by atoms with Gasteiger partial charge in [-0.1, -0.05) is 30.3 Å². The SMILES string of the molecule is Cl.NCCCN(Cc1ccccc1)S(=O)(=O)c1cccnc1. The zero-order valence-electron chi connectivity index (χ0n) is 12.1. The largest absolute Gasteiger partial charge is 0.330 e. The topological polar surface area (TPSA) is 76.3 Å². The summed E-state index contributed by atoms with van der Waals surface area (Å²) in [6.45, 7) is 1.18. The first-order chi connectivity index (χ1) is 10.1. The van der Waals surface area contributed by atoms with E-state index < -0.39 is 10.0 Å². The molecule has 0 bridgehead atoms. The zero-order valence-corrected chi connectivity index (χ0v) is 13.8. The summed E-state index contributed by atoms with van der Waals surface area (Å²) in [6, 6.07) is 12.7. The Kier molecular flexibility index (Phi) is 7.47. The van der Waals surface area contributed by atoms with Gasteiger partial charge >= 0.3 is 0 Å². The number of pyridine rings is 1. The number of aromatic nitrogens is 1. The molecule has 120 valence electrons. The van der Waals surface area contributed by atoms with Crippen LogP contribution in [0.1, 0.15) is 12.0 Å². The van der Waals surface area contributed by atoms with Gasteiger partial charge in [-0.25, -0.2) is 8.42 Å². The van der Waals surface area contributed by atoms with E-state index >= 15 is 0 Å². The lowest BCUT2D eigenvalue weighted by Crippen LogP contribution is -2.32. The molecule has 2 rings (SSSR count). The molecule has 0 saturated heterocycles. The molecule has 0 unspecified atom stereocenters. The van der Waals surface area contributed by atoms with Crippen LogP contribution in [0.4, 0.5) is 0 Å². The second-order valence-corrected chi connectivity index (χ2v) is 6.59. The van der Waals surface area contributed by atoms with E-state index in [1.165, 1.54) is 10.5 Å². The van der Waals surface area contributed by atoms with Gasteiger partial charge in [0, 0.05) is 25.5 Å². The molecule has 0 spiro atoms. The molecule has 0 atom stereocenters. The van der Waals surface area contributed by atoms with E-state index in [1.807, 2.05) is 30.3 Å². The van der Waals surface area contributed by atoms with E-state index in [1.54, 1.807) is 18.3 Å². The molecule has 1 aromatic carbocycles. The summed E-state index contributed by atoms with van der Waals surface area (Å²) in [5.74, 6) is 0. The minimum absolute atomic E-state index is 0. The van der Waals surface area contributed by atoms with Crippen molar-refractivity contribution in [1.82, 2.24) is 9.29 Å². The number of hydrogen-bond acceptors (Lipinski definition) is 4. The summed E-state index contributed by atoms with van der Waals surface area (Å²) in [5.41, 5.74) is 6.46. The Morgan fingerprint density at radius 2 is 1.82 bits per heavy atom. The van der Waals surface area contributed by atoms with Gasteiger partial charge in [0.2, 0.25) is 10.0 Å². The standard InChI is InChI=1S/C15H19N3O2S.ClH/c16-9-5-11-18(13-14-6-2-1-3-7-14)21(19,20)15-8-4-10-17-12-15;/h1-4,6-8,10,12H,5,9,11,13,16H2;1H. The molecule has 0 amide bonds. The quantitative estimate of drug-likeness (QED) is 0.836. The van der Waals surface area contributed by atoms with Gasteiger partial charge in [0.15, 0.2) is 0 Å². The minimum Gasteiger partial charge on any atom is -0.330 e. The van der Waals surface area contributed by atoms with Crippen molar-refractivity contribution in [3.8, 4) is 0 Å². The van der Waals surface area contributed by atoms with Crippen molar-refractivity contribution in [2.45, 2.75) is 17.9 Å². The molecule has 2 N–H and O–H groups in total. The summed E-state index contributed by atoms with van der Waals surface area (Å²) in [5, 5.41) is 0. The van der Waals surface area contributed by atoms with Crippen LogP contribution in [0.15, 0.2) is 59.8 Å². The van der Waals surface area contributed by atoms with Crippen molar-refractivity contribution in [3.63, 3.8) is 0 Å².